The van der Waals surface area contributed by atoms with Gasteiger partial charge >= 0.3 is 0 Å². The number of hydrogen-bond donors (Lipinski definition) is 3. The highest BCUT2D eigenvalue weighted by Crippen LogP contribution is 2.28. The van der Waals surface area contributed by atoms with Crippen LogP contribution >= 0.6 is 0 Å². The predicted octanol–water partition coefficient (Wildman–Crippen LogP) is 2.71. The number of benzene rings is 3. The van der Waals surface area contributed by atoms with Gasteiger partial charge in [0.1, 0.15) is 12.4 Å². The lowest BCUT2D eigenvalue weighted by atomic mass is 9.98. The van der Waals surface area contributed by atoms with E-state index in [0.29, 0.717) is 30.9 Å². The third kappa shape index (κ3) is 7.84. The van der Waals surface area contributed by atoms with Crippen LogP contribution in [0.1, 0.15) is 24.0 Å². The van der Waals surface area contributed by atoms with Crippen molar-refractivity contribution in [1.82, 2.24) is 10.9 Å². The minimum absolute atomic E-state index is 0.0461. The van der Waals surface area contributed by atoms with Gasteiger partial charge in [0, 0.05) is 44.9 Å². The molecule has 11 heteroatoms. The number of nitrogens with one attached hydrogen (secondary N) is 2. The van der Waals surface area contributed by atoms with E-state index in [9.17, 15) is 13.2 Å². The Hall–Kier alpha value is -3.93. The van der Waals surface area contributed by atoms with Crippen LogP contribution in [-0.2, 0) is 25.9 Å². The Morgan fingerprint density at radius 1 is 1.05 bits per heavy atom. The largest absolute Gasteiger partial charge is 0.494 e. The van der Waals surface area contributed by atoms with E-state index in [4.69, 9.17) is 14.6 Å². The summed E-state index contributed by atoms with van der Waals surface area (Å²) in [6.07, 6.45) is 0.456. The van der Waals surface area contributed by atoms with E-state index in [1.54, 1.807) is 42.5 Å². The molecule has 1 amide bonds. The lowest BCUT2D eigenvalue weighted by molar-refractivity contribution is -0.127. The molecule has 0 saturated carbocycles. The standard InChI is InChI=1S/C30H36N4O6S/c1-34(2)25-13-9-23(10-14-25)21-31-33-29(36)30(17-20-41(37,38)27-7-4-3-5-8-27)22-40-28(32-30)24-11-15-26(16-12-24)39-19-6-18-35/h3-5,7-16,31,35H,6,17-22H2,1-2H3,(H,33,36)/t30-/m0/s1. The summed E-state index contributed by atoms with van der Waals surface area (Å²) in [6, 6.07) is 23.1. The average Bonchev–Trinajstić information content (AvgIpc) is 3.43. The van der Waals surface area contributed by atoms with Crippen molar-refractivity contribution in [2.24, 2.45) is 4.99 Å². The molecule has 0 bridgehead atoms. The maximum atomic E-state index is 13.5. The molecule has 1 aliphatic rings. The van der Waals surface area contributed by atoms with Crippen LogP contribution in [0, 0.1) is 0 Å². The van der Waals surface area contributed by atoms with Crippen LogP contribution in [0.2, 0.25) is 0 Å². The van der Waals surface area contributed by atoms with Gasteiger partial charge in [0.15, 0.2) is 15.4 Å². The van der Waals surface area contributed by atoms with Gasteiger partial charge in [-0.25, -0.2) is 18.8 Å². The molecule has 10 nitrogen and oxygen atoms in total. The number of amides is 1. The number of hydrogen-bond acceptors (Lipinski definition) is 9. The minimum atomic E-state index is -3.66. The molecule has 1 aliphatic heterocycles. The number of aliphatic hydroxyl groups excluding tert-OH is 1. The van der Waals surface area contributed by atoms with Crippen LogP contribution in [0.25, 0.3) is 0 Å². The number of carbonyl (C=O) groups is 1. The van der Waals surface area contributed by atoms with Gasteiger partial charge in [-0.2, -0.15) is 0 Å². The lowest BCUT2D eigenvalue weighted by Gasteiger charge is -2.23. The fraction of sp³-hybridized carbons (Fsp3) is 0.333. The van der Waals surface area contributed by atoms with Gasteiger partial charge in [0.25, 0.3) is 5.91 Å². The highest BCUT2D eigenvalue weighted by Gasteiger charge is 2.45. The summed E-state index contributed by atoms with van der Waals surface area (Å²) in [5, 5.41) is 8.94. The number of anilines is 1. The highest BCUT2D eigenvalue weighted by molar-refractivity contribution is 7.91. The van der Waals surface area contributed by atoms with Crippen molar-refractivity contribution in [3.63, 3.8) is 0 Å². The Balaban J connectivity index is 1.50. The van der Waals surface area contributed by atoms with E-state index < -0.39 is 21.3 Å². The fourth-order valence-electron chi connectivity index (χ4n) is 4.20. The second-order valence-corrected chi connectivity index (χ2v) is 12.0. The number of aliphatic hydroxyl groups is 1. The van der Waals surface area contributed by atoms with Gasteiger partial charge < -0.3 is 19.5 Å². The Morgan fingerprint density at radius 2 is 1.76 bits per heavy atom. The number of hydrazine groups is 1. The number of ether oxygens (including phenoxy) is 2. The summed E-state index contributed by atoms with van der Waals surface area (Å²) in [6.45, 7) is 0.698. The molecule has 3 aromatic rings. The van der Waals surface area contributed by atoms with Crippen molar-refractivity contribution >= 4 is 27.3 Å². The van der Waals surface area contributed by atoms with Crippen molar-refractivity contribution in [3.8, 4) is 5.75 Å². The van der Waals surface area contributed by atoms with E-state index in [1.165, 1.54) is 12.1 Å². The minimum Gasteiger partial charge on any atom is -0.494 e. The smallest absolute Gasteiger partial charge is 0.265 e. The number of nitrogens with zero attached hydrogens (tertiary/aromatic N) is 2. The second-order valence-electron chi connectivity index (χ2n) is 9.94. The molecular formula is C30H36N4O6S. The van der Waals surface area contributed by atoms with E-state index in [1.807, 2.05) is 43.3 Å². The van der Waals surface area contributed by atoms with Crippen LogP contribution in [0.15, 0.2) is 88.8 Å². The summed E-state index contributed by atoms with van der Waals surface area (Å²) in [5.74, 6) is 0.110. The molecule has 0 aliphatic carbocycles. The first-order valence-electron chi connectivity index (χ1n) is 13.4. The average molecular weight is 581 g/mol. The Kier molecular flexibility index (Phi) is 9.98. The molecular weight excluding hydrogens is 544 g/mol. The van der Waals surface area contributed by atoms with Gasteiger partial charge in [-0.05, 0) is 60.5 Å². The first-order valence-corrected chi connectivity index (χ1v) is 15.0. The van der Waals surface area contributed by atoms with Gasteiger partial charge in [0.05, 0.1) is 17.3 Å². The monoisotopic (exact) mass is 580 g/mol. The zero-order chi connectivity index (χ0) is 29.3. The molecule has 0 saturated heterocycles. The SMILES string of the molecule is CN(C)c1ccc(CNNC(=O)[C@]2(CCS(=O)(=O)c3ccccc3)COC(c3ccc(OCCCO)cc3)=N2)cc1. The summed E-state index contributed by atoms with van der Waals surface area (Å²) in [4.78, 5) is 20.4. The maximum absolute atomic E-state index is 13.5. The summed E-state index contributed by atoms with van der Waals surface area (Å²) < 4.78 is 37.6. The molecule has 1 atom stereocenters. The molecule has 0 radical (unpaired) electrons. The summed E-state index contributed by atoms with van der Waals surface area (Å²) in [5.41, 5.74) is 6.87. The highest BCUT2D eigenvalue weighted by atomic mass is 32.2. The van der Waals surface area contributed by atoms with Crippen molar-refractivity contribution in [2.45, 2.75) is 29.8 Å². The lowest BCUT2D eigenvalue weighted by Crippen LogP contribution is -2.52. The molecule has 0 aromatic heterocycles. The molecule has 41 heavy (non-hydrogen) atoms. The van der Waals surface area contributed by atoms with Gasteiger partial charge in [-0.15, -0.1) is 0 Å². The van der Waals surface area contributed by atoms with Crippen molar-refractivity contribution < 1.29 is 27.8 Å². The quantitative estimate of drug-likeness (QED) is 0.196. The van der Waals surface area contributed by atoms with Crippen LogP contribution < -0.4 is 20.5 Å². The Bertz CT molecular complexity index is 1430. The third-order valence-electron chi connectivity index (χ3n) is 6.69. The van der Waals surface area contributed by atoms with Gasteiger partial charge in [-0.3, -0.25) is 10.2 Å². The summed E-state index contributed by atoms with van der Waals surface area (Å²) >= 11 is 0. The van der Waals surface area contributed by atoms with E-state index in [2.05, 4.69) is 15.8 Å². The second kappa shape index (κ2) is 13.6. The van der Waals surface area contributed by atoms with Crippen LogP contribution in [-0.4, -0.2) is 70.5 Å². The molecule has 3 aromatic carbocycles. The topological polar surface area (TPSA) is 130 Å². The van der Waals surface area contributed by atoms with Crippen molar-refractivity contribution in [2.75, 3.05) is 44.6 Å². The predicted molar refractivity (Wildman–Crippen MR) is 158 cm³/mol. The van der Waals surface area contributed by atoms with Crippen molar-refractivity contribution in [3.05, 3.63) is 90.0 Å². The molecule has 0 fully saturated rings. The van der Waals surface area contributed by atoms with E-state index in [0.717, 1.165) is 11.3 Å². The van der Waals surface area contributed by atoms with E-state index >= 15 is 0 Å². The zero-order valence-electron chi connectivity index (χ0n) is 23.2. The molecule has 0 unspecified atom stereocenters. The van der Waals surface area contributed by atoms with Crippen molar-refractivity contribution in [1.29, 1.82) is 0 Å². The number of carbonyl (C=O) groups excluding carboxylic acids is 1. The number of sulfone groups is 1. The maximum Gasteiger partial charge on any atom is 0.265 e. The van der Waals surface area contributed by atoms with Crippen LogP contribution in [0.3, 0.4) is 0 Å². The summed E-state index contributed by atoms with van der Waals surface area (Å²) in [7, 11) is 0.270. The van der Waals surface area contributed by atoms with Crippen LogP contribution in [0.5, 0.6) is 5.75 Å². The Morgan fingerprint density at radius 3 is 2.41 bits per heavy atom. The normalized spacial score (nSPS) is 16.5. The fourth-order valence-corrected chi connectivity index (χ4v) is 5.62. The number of aliphatic imine (C=N–C) groups is 1. The molecule has 3 N–H and O–H groups in total. The van der Waals surface area contributed by atoms with E-state index in [-0.39, 0.29) is 36.2 Å². The molecule has 4 rings (SSSR count). The first kappa shape index (κ1) is 30.0. The molecule has 218 valence electrons. The van der Waals surface area contributed by atoms with Crippen LogP contribution in [0.4, 0.5) is 5.69 Å². The third-order valence-corrected chi connectivity index (χ3v) is 8.42. The molecule has 0 spiro atoms. The Labute approximate surface area is 240 Å². The zero-order valence-corrected chi connectivity index (χ0v) is 24.1. The molecule has 1 heterocycles. The van der Waals surface area contributed by atoms with Gasteiger partial charge in [-0.1, -0.05) is 30.3 Å². The first-order chi connectivity index (χ1) is 19.7. The van der Waals surface area contributed by atoms with Gasteiger partial charge in [0.2, 0.25) is 5.90 Å². The number of rotatable bonds is 14.